The lowest BCUT2D eigenvalue weighted by Gasteiger charge is -2.36. The smallest absolute Gasteiger partial charge is 0.237 e. The summed E-state index contributed by atoms with van der Waals surface area (Å²) in [6.07, 6.45) is 1.83. The van der Waals surface area contributed by atoms with Crippen molar-refractivity contribution in [2.24, 2.45) is 11.1 Å². The van der Waals surface area contributed by atoms with E-state index in [2.05, 4.69) is 16.3 Å². The Morgan fingerprint density at radius 3 is 2.48 bits per heavy atom. The molecule has 0 saturated carbocycles. The molecule has 0 aromatic heterocycles. The normalized spacial score (nSPS) is 17.7. The Hall–Kier alpha value is -1.75. The maximum atomic E-state index is 12.2. The van der Waals surface area contributed by atoms with Crippen molar-refractivity contribution in [1.29, 1.82) is 0 Å². The van der Waals surface area contributed by atoms with Crippen LogP contribution in [0.2, 0.25) is 0 Å². The van der Waals surface area contributed by atoms with Crippen molar-refractivity contribution in [3.63, 3.8) is 0 Å². The fourth-order valence-corrected chi connectivity index (χ4v) is 2.84. The summed E-state index contributed by atoms with van der Waals surface area (Å²) in [5.41, 5.74) is 6.93. The number of anilines is 1. The van der Waals surface area contributed by atoms with Gasteiger partial charge in [0, 0.05) is 19.1 Å². The van der Waals surface area contributed by atoms with E-state index in [1.807, 2.05) is 39.0 Å². The maximum Gasteiger partial charge on any atom is 0.237 e. The number of para-hydroxylation sites is 2. The van der Waals surface area contributed by atoms with Crippen LogP contribution in [0, 0.1) is 5.41 Å². The van der Waals surface area contributed by atoms with E-state index < -0.39 is 6.04 Å². The minimum Gasteiger partial charge on any atom is -0.495 e. The van der Waals surface area contributed by atoms with Crippen molar-refractivity contribution in [1.82, 2.24) is 5.32 Å². The number of rotatable bonds is 4. The zero-order chi connectivity index (χ0) is 17.0. The molecule has 3 N–H and O–H groups in total. The van der Waals surface area contributed by atoms with E-state index in [1.54, 1.807) is 7.11 Å². The summed E-state index contributed by atoms with van der Waals surface area (Å²) in [5, 5.41) is 3.10. The van der Waals surface area contributed by atoms with Crippen LogP contribution in [0.1, 0.15) is 33.6 Å². The molecule has 1 amide bonds. The van der Waals surface area contributed by atoms with Gasteiger partial charge in [-0.05, 0) is 30.4 Å². The summed E-state index contributed by atoms with van der Waals surface area (Å²) in [6, 6.07) is 7.77. The highest BCUT2D eigenvalue weighted by Crippen LogP contribution is 2.30. The maximum absolute atomic E-state index is 12.2. The molecule has 0 bridgehead atoms. The Labute approximate surface area is 139 Å². The van der Waals surface area contributed by atoms with Gasteiger partial charge in [-0.3, -0.25) is 4.79 Å². The lowest BCUT2D eigenvalue weighted by molar-refractivity contribution is -0.125. The monoisotopic (exact) mass is 319 g/mol. The number of carbonyl (C=O) groups is 1. The van der Waals surface area contributed by atoms with Gasteiger partial charge in [0.2, 0.25) is 5.91 Å². The van der Waals surface area contributed by atoms with Crippen LogP contribution in [0.4, 0.5) is 5.69 Å². The highest BCUT2D eigenvalue weighted by molar-refractivity contribution is 5.82. The molecule has 1 saturated heterocycles. The molecule has 0 unspecified atom stereocenters. The van der Waals surface area contributed by atoms with Gasteiger partial charge >= 0.3 is 0 Å². The second-order valence-electron chi connectivity index (χ2n) is 7.29. The number of carbonyl (C=O) groups excluding carboxylic acids is 1. The molecule has 128 valence electrons. The quantitative estimate of drug-likeness (QED) is 0.892. The summed E-state index contributed by atoms with van der Waals surface area (Å²) in [7, 11) is 1.69. The van der Waals surface area contributed by atoms with Crippen LogP contribution in [-0.4, -0.2) is 38.2 Å². The van der Waals surface area contributed by atoms with Crippen LogP contribution in [-0.2, 0) is 4.79 Å². The van der Waals surface area contributed by atoms with Gasteiger partial charge in [-0.25, -0.2) is 0 Å². The third-order valence-electron chi connectivity index (χ3n) is 4.48. The number of ether oxygens (including phenoxy) is 1. The average Bonchev–Trinajstić information content (AvgIpc) is 2.54. The highest BCUT2D eigenvalue weighted by atomic mass is 16.5. The van der Waals surface area contributed by atoms with E-state index in [-0.39, 0.29) is 17.4 Å². The number of piperidine rings is 1. The van der Waals surface area contributed by atoms with Crippen LogP contribution in [0.3, 0.4) is 0 Å². The molecule has 1 aromatic carbocycles. The number of nitrogens with zero attached hydrogens (tertiary/aromatic N) is 1. The number of amides is 1. The molecule has 1 aromatic rings. The largest absolute Gasteiger partial charge is 0.495 e. The summed E-state index contributed by atoms with van der Waals surface area (Å²) in [6.45, 7) is 7.76. The molecule has 23 heavy (non-hydrogen) atoms. The minimum atomic E-state index is -0.477. The van der Waals surface area contributed by atoms with E-state index in [9.17, 15) is 4.79 Å². The van der Waals surface area contributed by atoms with Gasteiger partial charge in [-0.15, -0.1) is 0 Å². The van der Waals surface area contributed by atoms with Crippen molar-refractivity contribution in [2.45, 2.75) is 45.7 Å². The Bertz CT molecular complexity index is 531. The summed E-state index contributed by atoms with van der Waals surface area (Å²) in [4.78, 5) is 14.6. The second kappa shape index (κ2) is 7.21. The number of benzene rings is 1. The van der Waals surface area contributed by atoms with Crippen LogP contribution in [0.15, 0.2) is 24.3 Å². The molecule has 0 spiro atoms. The first-order valence-electron chi connectivity index (χ1n) is 8.27. The first-order valence-corrected chi connectivity index (χ1v) is 8.27. The van der Waals surface area contributed by atoms with E-state index in [1.165, 1.54) is 0 Å². The Balaban J connectivity index is 1.90. The molecule has 0 radical (unpaired) electrons. The van der Waals surface area contributed by atoms with E-state index in [0.29, 0.717) is 0 Å². The minimum absolute atomic E-state index is 0.0479. The molecule has 2 rings (SSSR count). The molecule has 1 aliphatic rings. The van der Waals surface area contributed by atoms with Crippen molar-refractivity contribution in [2.75, 3.05) is 25.1 Å². The van der Waals surface area contributed by atoms with Gasteiger partial charge in [-0.2, -0.15) is 0 Å². The van der Waals surface area contributed by atoms with Gasteiger partial charge in [0.15, 0.2) is 0 Å². The number of nitrogens with one attached hydrogen (secondary N) is 1. The lowest BCUT2D eigenvalue weighted by atomic mass is 9.86. The predicted molar refractivity (Wildman–Crippen MR) is 93.8 cm³/mol. The van der Waals surface area contributed by atoms with Crippen LogP contribution >= 0.6 is 0 Å². The van der Waals surface area contributed by atoms with E-state index >= 15 is 0 Å². The highest BCUT2D eigenvalue weighted by Gasteiger charge is 2.30. The van der Waals surface area contributed by atoms with Crippen LogP contribution in [0.25, 0.3) is 0 Å². The van der Waals surface area contributed by atoms with Crippen LogP contribution < -0.4 is 20.7 Å². The van der Waals surface area contributed by atoms with Crippen LogP contribution in [0.5, 0.6) is 5.75 Å². The third kappa shape index (κ3) is 4.38. The first kappa shape index (κ1) is 17.6. The van der Waals surface area contributed by atoms with Gasteiger partial charge in [-0.1, -0.05) is 32.9 Å². The van der Waals surface area contributed by atoms with Gasteiger partial charge in [0.05, 0.1) is 18.8 Å². The van der Waals surface area contributed by atoms with E-state index in [0.717, 1.165) is 37.4 Å². The topological polar surface area (TPSA) is 67.6 Å². The summed E-state index contributed by atoms with van der Waals surface area (Å²) in [5.74, 6) is 0.845. The number of hydrogen-bond acceptors (Lipinski definition) is 4. The number of nitrogens with two attached hydrogens (primary N) is 1. The van der Waals surface area contributed by atoms with Gasteiger partial charge < -0.3 is 20.7 Å². The predicted octanol–water partition coefficient (Wildman–Crippen LogP) is 2.15. The van der Waals surface area contributed by atoms with Crippen molar-refractivity contribution >= 4 is 11.6 Å². The molecule has 5 heteroatoms. The first-order chi connectivity index (χ1) is 10.8. The molecule has 1 atom stereocenters. The molecular formula is C18H29N3O2. The third-order valence-corrected chi connectivity index (χ3v) is 4.48. The number of hydrogen-bond donors (Lipinski definition) is 2. The fraction of sp³-hybridized carbons (Fsp3) is 0.611. The Morgan fingerprint density at radius 1 is 1.30 bits per heavy atom. The molecule has 0 aliphatic carbocycles. The Morgan fingerprint density at radius 2 is 1.91 bits per heavy atom. The molecular weight excluding hydrogens is 290 g/mol. The van der Waals surface area contributed by atoms with Crippen molar-refractivity contribution < 1.29 is 9.53 Å². The fourth-order valence-electron chi connectivity index (χ4n) is 2.84. The molecule has 1 aliphatic heterocycles. The zero-order valence-electron chi connectivity index (χ0n) is 14.6. The molecule has 1 fully saturated rings. The molecule has 5 nitrogen and oxygen atoms in total. The van der Waals surface area contributed by atoms with Crippen molar-refractivity contribution in [3.05, 3.63) is 24.3 Å². The van der Waals surface area contributed by atoms with Gasteiger partial charge in [0.1, 0.15) is 5.75 Å². The molecule has 1 heterocycles. The zero-order valence-corrected chi connectivity index (χ0v) is 14.6. The van der Waals surface area contributed by atoms with Gasteiger partial charge in [0.25, 0.3) is 0 Å². The van der Waals surface area contributed by atoms with E-state index in [4.69, 9.17) is 10.5 Å². The lowest BCUT2D eigenvalue weighted by Crippen LogP contribution is -2.53. The average molecular weight is 319 g/mol. The SMILES string of the molecule is COc1ccccc1N1CCC(NC(=O)[C@@H](N)C(C)(C)C)CC1. The summed E-state index contributed by atoms with van der Waals surface area (Å²) >= 11 is 0. The standard InChI is InChI=1S/C18H29N3O2/c1-18(2,3)16(19)17(22)20-13-9-11-21(12-10-13)14-7-5-6-8-15(14)23-4/h5-8,13,16H,9-12,19H2,1-4H3,(H,20,22)/t16-/m1/s1. The van der Waals surface area contributed by atoms with Crippen molar-refractivity contribution in [3.8, 4) is 5.75 Å². The number of methoxy groups -OCH3 is 1. The second-order valence-corrected chi connectivity index (χ2v) is 7.29. The summed E-state index contributed by atoms with van der Waals surface area (Å²) < 4.78 is 5.43. The Kier molecular flexibility index (Phi) is 5.52.